The van der Waals surface area contributed by atoms with Crippen molar-refractivity contribution in [1.82, 2.24) is 4.90 Å². The maximum Gasteiger partial charge on any atom is 0.119 e. The van der Waals surface area contributed by atoms with Crippen LogP contribution in [0.2, 0.25) is 0 Å². The molecule has 0 unspecified atom stereocenters. The molecule has 0 fully saturated rings. The summed E-state index contributed by atoms with van der Waals surface area (Å²) in [6.45, 7) is 4.47. The summed E-state index contributed by atoms with van der Waals surface area (Å²) < 4.78 is 5.42. The van der Waals surface area contributed by atoms with Gasteiger partial charge in [0.15, 0.2) is 0 Å². The van der Waals surface area contributed by atoms with Crippen LogP contribution in [-0.4, -0.2) is 23.3 Å². The molecule has 76 valence electrons. The highest BCUT2D eigenvalue weighted by molar-refractivity contribution is 5.37. The van der Waals surface area contributed by atoms with Gasteiger partial charge in [0.05, 0.1) is 13.3 Å². The first-order valence-electron chi connectivity index (χ1n) is 4.91. The largest absolute Gasteiger partial charge is 0.494 e. The summed E-state index contributed by atoms with van der Waals surface area (Å²) in [5, 5.41) is 9.01. The van der Waals surface area contributed by atoms with Crippen molar-refractivity contribution >= 4 is 0 Å². The molecule has 1 aliphatic rings. The van der Waals surface area contributed by atoms with E-state index in [1.807, 2.05) is 17.9 Å². The molecule has 1 heterocycles. The molecule has 1 aliphatic heterocycles. The normalized spacial score (nSPS) is 15.6. The molecular weight excluding hydrogens is 178 g/mol. The van der Waals surface area contributed by atoms with Crippen molar-refractivity contribution in [2.24, 2.45) is 0 Å². The molecule has 3 nitrogen and oxygen atoms in total. The lowest BCUT2D eigenvalue weighted by Crippen LogP contribution is -2.16. The van der Waals surface area contributed by atoms with E-state index in [9.17, 15) is 0 Å². The third-order valence-corrected chi connectivity index (χ3v) is 2.48. The summed E-state index contributed by atoms with van der Waals surface area (Å²) in [4.78, 5) is 1.99. The van der Waals surface area contributed by atoms with Gasteiger partial charge in [-0.05, 0) is 30.2 Å². The van der Waals surface area contributed by atoms with Crippen molar-refractivity contribution in [3.63, 3.8) is 0 Å². The molecule has 0 bridgehead atoms. The second-order valence-corrected chi connectivity index (χ2v) is 3.49. The van der Waals surface area contributed by atoms with Crippen LogP contribution in [0, 0.1) is 0 Å². The van der Waals surface area contributed by atoms with Crippen LogP contribution in [0.25, 0.3) is 0 Å². The number of nitrogens with zero attached hydrogens (tertiary/aromatic N) is 1. The molecule has 1 aromatic carbocycles. The van der Waals surface area contributed by atoms with Gasteiger partial charge in [-0.15, -0.1) is 0 Å². The van der Waals surface area contributed by atoms with Gasteiger partial charge in [0.1, 0.15) is 5.75 Å². The lowest BCUT2D eigenvalue weighted by Gasteiger charge is -2.08. The number of aliphatic hydroxyl groups is 1. The SMILES string of the molecule is CCOc1ccc2c(c1)CN(CO)C2. The van der Waals surface area contributed by atoms with E-state index in [0.717, 1.165) is 18.8 Å². The molecule has 0 spiro atoms. The molecule has 2 rings (SSSR count). The van der Waals surface area contributed by atoms with Crippen molar-refractivity contribution in [3.05, 3.63) is 29.3 Å². The summed E-state index contributed by atoms with van der Waals surface area (Å²) in [5.41, 5.74) is 2.56. The standard InChI is InChI=1S/C11H15NO2/c1-2-14-11-4-3-9-6-12(8-13)7-10(9)5-11/h3-5,13H,2,6-8H2,1H3. The van der Waals surface area contributed by atoms with Crippen molar-refractivity contribution in [1.29, 1.82) is 0 Å². The van der Waals surface area contributed by atoms with Gasteiger partial charge in [0, 0.05) is 13.1 Å². The molecule has 0 radical (unpaired) electrons. The van der Waals surface area contributed by atoms with E-state index in [4.69, 9.17) is 9.84 Å². The van der Waals surface area contributed by atoms with Crippen molar-refractivity contribution < 1.29 is 9.84 Å². The molecule has 0 amide bonds. The van der Waals surface area contributed by atoms with E-state index in [2.05, 4.69) is 12.1 Å². The van der Waals surface area contributed by atoms with Crippen molar-refractivity contribution in [2.75, 3.05) is 13.3 Å². The van der Waals surface area contributed by atoms with Crippen LogP contribution in [0.4, 0.5) is 0 Å². The molecule has 14 heavy (non-hydrogen) atoms. The second kappa shape index (κ2) is 3.98. The minimum Gasteiger partial charge on any atom is -0.494 e. The Bertz CT molecular complexity index is 325. The average Bonchev–Trinajstić information content (AvgIpc) is 2.60. The first-order chi connectivity index (χ1) is 6.83. The van der Waals surface area contributed by atoms with E-state index in [0.29, 0.717) is 6.61 Å². The summed E-state index contributed by atoms with van der Waals surface area (Å²) in [7, 11) is 0. The first kappa shape index (κ1) is 9.49. The van der Waals surface area contributed by atoms with Crippen LogP contribution < -0.4 is 4.74 Å². The highest BCUT2D eigenvalue weighted by atomic mass is 16.5. The molecule has 0 saturated heterocycles. The molecule has 1 aromatic rings. The van der Waals surface area contributed by atoms with Crippen LogP contribution in [-0.2, 0) is 13.1 Å². The zero-order valence-electron chi connectivity index (χ0n) is 8.36. The Labute approximate surface area is 83.9 Å². The zero-order chi connectivity index (χ0) is 9.97. The van der Waals surface area contributed by atoms with Gasteiger partial charge < -0.3 is 9.84 Å². The maximum absolute atomic E-state index is 9.01. The summed E-state index contributed by atoms with van der Waals surface area (Å²) in [6, 6.07) is 6.13. The van der Waals surface area contributed by atoms with Gasteiger partial charge in [-0.1, -0.05) is 6.07 Å². The molecule has 3 heteroatoms. The maximum atomic E-state index is 9.01. The van der Waals surface area contributed by atoms with Gasteiger partial charge in [-0.2, -0.15) is 0 Å². The number of aliphatic hydroxyl groups excluding tert-OH is 1. The van der Waals surface area contributed by atoms with E-state index in [1.54, 1.807) is 0 Å². The fourth-order valence-corrected chi connectivity index (χ4v) is 1.80. The van der Waals surface area contributed by atoms with Crippen LogP contribution in [0.5, 0.6) is 5.75 Å². The van der Waals surface area contributed by atoms with E-state index >= 15 is 0 Å². The van der Waals surface area contributed by atoms with Crippen LogP contribution in [0.3, 0.4) is 0 Å². The minimum absolute atomic E-state index is 0.124. The number of ether oxygens (including phenoxy) is 1. The molecule has 1 N–H and O–H groups in total. The van der Waals surface area contributed by atoms with Gasteiger partial charge in [0.25, 0.3) is 0 Å². The predicted molar refractivity (Wildman–Crippen MR) is 53.9 cm³/mol. The predicted octanol–water partition coefficient (Wildman–Crippen LogP) is 1.35. The number of hydrogen-bond acceptors (Lipinski definition) is 3. The lowest BCUT2D eigenvalue weighted by molar-refractivity contribution is 0.106. The summed E-state index contributed by atoms with van der Waals surface area (Å²) in [5.74, 6) is 0.922. The fraction of sp³-hybridized carbons (Fsp3) is 0.455. The van der Waals surface area contributed by atoms with E-state index < -0.39 is 0 Å². The number of rotatable bonds is 3. The summed E-state index contributed by atoms with van der Waals surface area (Å²) >= 11 is 0. The molecular formula is C11H15NO2. The number of benzene rings is 1. The Morgan fingerprint density at radius 2 is 2.14 bits per heavy atom. The Morgan fingerprint density at radius 3 is 2.86 bits per heavy atom. The molecule has 0 atom stereocenters. The van der Waals surface area contributed by atoms with Crippen molar-refractivity contribution in [3.8, 4) is 5.75 Å². The quantitative estimate of drug-likeness (QED) is 0.786. The molecule has 0 aromatic heterocycles. The number of fused-ring (bicyclic) bond motifs is 1. The highest BCUT2D eigenvalue weighted by Gasteiger charge is 2.17. The third kappa shape index (κ3) is 1.74. The van der Waals surface area contributed by atoms with Gasteiger partial charge in [0.2, 0.25) is 0 Å². The Balaban J connectivity index is 2.17. The van der Waals surface area contributed by atoms with Crippen molar-refractivity contribution in [2.45, 2.75) is 20.0 Å². The van der Waals surface area contributed by atoms with Crippen LogP contribution >= 0.6 is 0 Å². The highest BCUT2D eigenvalue weighted by Crippen LogP contribution is 2.26. The third-order valence-electron chi connectivity index (χ3n) is 2.48. The topological polar surface area (TPSA) is 32.7 Å². The average molecular weight is 193 g/mol. The monoisotopic (exact) mass is 193 g/mol. The fourth-order valence-electron chi connectivity index (χ4n) is 1.80. The number of hydrogen-bond donors (Lipinski definition) is 1. The first-order valence-corrected chi connectivity index (χ1v) is 4.91. The van der Waals surface area contributed by atoms with Crippen LogP contribution in [0.1, 0.15) is 18.1 Å². The van der Waals surface area contributed by atoms with Gasteiger partial charge in [-0.3, -0.25) is 4.90 Å². The van der Waals surface area contributed by atoms with E-state index in [-0.39, 0.29) is 6.73 Å². The smallest absolute Gasteiger partial charge is 0.119 e. The Hall–Kier alpha value is -1.06. The van der Waals surface area contributed by atoms with Gasteiger partial charge >= 0.3 is 0 Å². The minimum atomic E-state index is 0.124. The summed E-state index contributed by atoms with van der Waals surface area (Å²) in [6.07, 6.45) is 0. The lowest BCUT2D eigenvalue weighted by atomic mass is 10.1. The van der Waals surface area contributed by atoms with Crippen LogP contribution in [0.15, 0.2) is 18.2 Å². The van der Waals surface area contributed by atoms with E-state index in [1.165, 1.54) is 11.1 Å². The van der Waals surface area contributed by atoms with Gasteiger partial charge in [-0.25, -0.2) is 0 Å². The second-order valence-electron chi connectivity index (χ2n) is 3.49. The zero-order valence-corrected chi connectivity index (χ0v) is 8.36. The Kier molecular flexibility index (Phi) is 2.70. The molecule has 0 aliphatic carbocycles. The molecule has 0 saturated carbocycles. The Morgan fingerprint density at radius 1 is 1.36 bits per heavy atom.